The molecule has 2 nitrogen and oxygen atoms in total. The van der Waals surface area contributed by atoms with Crippen molar-refractivity contribution in [1.29, 1.82) is 0 Å². The van der Waals surface area contributed by atoms with E-state index in [4.69, 9.17) is 0 Å². The number of nitrogens with zero attached hydrogens (tertiary/aromatic N) is 2. The fraction of sp³-hybridized carbons (Fsp3) is 0.500. The van der Waals surface area contributed by atoms with E-state index in [9.17, 15) is 0 Å². The molecule has 17 heavy (non-hydrogen) atoms. The van der Waals surface area contributed by atoms with Crippen molar-refractivity contribution in [2.24, 2.45) is 4.99 Å². The van der Waals surface area contributed by atoms with Gasteiger partial charge < -0.3 is 4.90 Å². The lowest BCUT2D eigenvalue weighted by Crippen LogP contribution is -2.35. The van der Waals surface area contributed by atoms with Gasteiger partial charge in [-0.3, -0.25) is 4.99 Å². The first-order chi connectivity index (χ1) is 8.43. The minimum Gasteiger partial charge on any atom is -0.351 e. The second-order valence-corrected chi connectivity index (χ2v) is 5.75. The zero-order valence-electron chi connectivity index (χ0n) is 10.0. The summed E-state index contributed by atoms with van der Waals surface area (Å²) in [7, 11) is 0. The Morgan fingerprint density at radius 3 is 2.53 bits per heavy atom. The molecule has 0 bridgehead atoms. The lowest BCUT2D eigenvalue weighted by Gasteiger charge is -2.33. The van der Waals surface area contributed by atoms with Crippen molar-refractivity contribution in [3.05, 3.63) is 35.9 Å². The molecule has 0 spiro atoms. The number of benzene rings is 1. The number of aliphatic imine (C=N–C) groups is 1. The molecule has 0 aromatic heterocycles. The van der Waals surface area contributed by atoms with Crippen LogP contribution in [0.25, 0.3) is 0 Å². The number of rotatable bonds is 1. The van der Waals surface area contributed by atoms with E-state index in [1.54, 1.807) is 0 Å². The predicted octanol–water partition coefficient (Wildman–Crippen LogP) is 2.97. The fourth-order valence-corrected chi connectivity index (χ4v) is 3.56. The van der Waals surface area contributed by atoms with Gasteiger partial charge in [-0.25, -0.2) is 0 Å². The minimum absolute atomic E-state index is 0.749. The standard InChI is InChI=1S/C14H18N2S/c1-2-4-12(5-3-1)13-6-9-16(10-7-13)14-15-8-11-17-14/h1-5,13H,6-11H2. The zero-order valence-corrected chi connectivity index (χ0v) is 10.8. The molecule has 2 heterocycles. The first-order valence-electron chi connectivity index (χ1n) is 6.40. The Morgan fingerprint density at radius 1 is 1.12 bits per heavy atom. The highest BCUT2D eigenvalue weighted by molar-refractivity contribution is 8.14. The van der Waals surface area contributed by atoms with Crippen LogP contribution in [0.1, 0.15) is 24.3 Å². The molecule has 0 N–H and O–H groups in total. The molecular formula is C14H18N2S. The Bertz CT molecular complexity index is 394. The molecule has 90 valence electrons. The van der Waals surface area contributed by atoms with Crippen LogP contribution < -0.4 is 0 Å². The molecule has 0 unspecified atom stereocenters. The minimum atomic E-state index is 0.749. The van der Waals surface area contributed by atoms with E-state index >= 15 is 0 Å². The second-order valence-electron chi connectivity index (χ2n) is 4.68. The average molecular weight is 246 g/mol. The first kappa shape index (κ1) is 11.1. The van der Waals surface area contributed by atoms with Crippen molar-refractivity contribution in [3.8, 4) is 0 Å². The number of thioether (sulfide) groups is 1. The number of likely N-dealkylation sites (tertiary alicyclic amines) is 1. The molecule has 1 aromatic carbocycles. The van der Waals surface area contributed by atoms with E-state index in [2.05, 4.69) is 40.2 Å². The lowest BCUT2D eigenvalue weighted by atomic mass is 9.90. The normalized spacial score (nSPS) is 21.6. The van der Waals surface area contributed by atoms with Crippen LogP contribution in [0.3, 0.4) is 0 Å². The summed E-state index contributed by atoms with van der Waals surface area (Å²) in [5, 5.41) is 1.29. The monoisotopic (exact) mass is 246 g/mol. The van der Waals surface area contributed by atoms with Crippen LogP contribution in [-0.4, -0.2) is 35.5 Å². The summed E-state index contributed by atoms with van der Waals surface area (Å²) in [4.78, 5) is 7.03. The van der Waals surface area contributed by atoms with Crippen molar-refractivity contribution >= 4 is 16.9 Å². The summed E-state index contributed by atoms with van der Waals surface area (Å²) in [6.45, 7) is 3.36. The van der Waals surface area contributed by atoms with Crippen molar-refractivity contribution in [1.82, 2.24) is 4.90 Å². The quantitative estimate of drug-likeness (QED) is 0.757. The number of hydrogen-bond acceptors (Lipinski definition) is 3. The van der Waals surface area contributed by atoms with Gasteiger partial charge >= 0.3 is 0 Å². The zero-order chi connectivity index (χ0) is 11.5. The summed E-state index contributed by atoms with van der Waals surface area (Å²) in [6.07, 6.45) is 2.53. The molecule has 3 heteroatoms. The molecule has 2 aliphatic heterocycles. The maximum Gasteiger partial charge on any atom is 0.159 e. The molecule has 0 amide bonds. The molecule has 1 fully saturated rings. The summed E-state index contributed by atoms with van der Waals surface area (Å²) in [5.41, 5.74) is 1.51. The van der Waals surface area contributed by atoms with Gasteiger partial charge in [0.05, 0.1) is 6.54 Å². The Morgan fingerprint density at radius 2 is 1.88 bits per heavy atom. The predicted molar refractivity (Wildman–Crippen MR) is 74.8 cm³/mol. The molecule has 0 saturated carbocycles. The third-order valence-electron chi connectivity index (χ3n) is 3.61. The molecule has 3 rings (SSSR count). The van der Waals surface area contributed by atoms with Crippen molar-refractivity contribution < 1.29 is 0 Å². The van der Waals surface area contributed by atoms with Crippen LogP contribution >= 0.6 is 11.8 Å². The summed E-state index contributed by atoms with van der Waals surface area (Å²) in [5.74, 6) is 1.92. The van der Waals surface area contributed by atoms with Gasteiger partial charge in [-0.1, -0.05) is 42.1 Å². The molecule has 0 radical (unpaired) electrons. The van der Waals surface area contributed by atoms with Gasteiger partial charge in [-0.15, -0.1) is 0 Å². The SMILES string of the molecule is c1ccc(C2CCN(C3=NCCS3)CC2)cc1. The summed E-state index contributed by atoms with van der Waals surface area (Å²) < 4.78 is 0. The summed E-state index contributed by atoms with van der Waals surface area (Å²) in [6, 6.07) is 10.9. The lowest BCUT2D eigenvalue weighted by molar-refractivity contribution is 0.318. The molecule has 1 saturated heterocycles. The Balaban J connectivity index is 1.61. The molecular weight excluding hydrogens is 228 g/mol. The first-order valence-corrected chi connectivity index (χ1v) is 7.39. The van der Waals surface area contributed by atoms with E-state index < -0.39 is 0 Å². The highest BCUT2D eigenvalue weighted by Gasteiger charge is 2.23. The van der Waals surface area contributed by atoms with Crippen LogP contribution in [0.2, 0.25) is 0 Å². The highest BCUT2D eigenvalue weighted by atomic mass is 32.2. The third-order valence-corrected chi connectivity index (χ3v) is 4.64. The number of amidine groups is 1. The Labute approximate surface area is 107 Å². The van der Waals surface area contributed by atoms with Gasteiger partial charge in [0, 0.05) is 18.8 Å². The van der Waals surface area contributed by atoms with Crippen LogP contribution in [-0.2, 0) is 0 Å². The topological polar surface area (TPSA) is 15.6 Å². The van der Waals surface area contributed by atoms with Crippen molar-refractivity contribution in [2.45, 2.75) is 18.8 Å². The van der Waals surface area contributed by atoms with Crippen molar-refractivity contribution in [3.63, 3.8) is 0 Å². The average Bonchev–Trinajstić information content (AvgIpc) is 2.94. The van der Waals surface area contributed by atoms with Crippen molar-refractivity contribution in [2.75, 3.05) is 25.4 Å². The van der Waals surface area contributed by atoms with E-state index in [1.807, 2.05) is 11.8 Å². The van der Waals surface area contributed by atoms with Gasteiger partial charge in [-0.05, 0) is 24.3 Å². The maximum atomic E-state index is 4.56. The van der Waals surface area contributed by atoms with Gasteiger partial charge in [0.2, 0.25) is 0 Å². The number of piperidine rings is 1. The number of hydrogen-bond donors (Lipinski definition) is 0. The van der Waals surface area contributed by atoms with Gasteiger partial charge in [0.15, 0.2) is 5.17 Å². The van der Waals surface area contributed by atoms with E-state index in [0.29, 0.717) is 0 Å². The largest absolute Gasteiger partial charge is 0.351 e. The van der Waals surface area contributed by atoms with Gasteiger partial charge in [0.25, 0.3) is 0 Å². The maximum absolute atomic E-state index is 4.56. The second kappa shape index (κ2) is 5.13. The Hall–Kier alpha value is -0.960. The molecule has 0 aliphatic carbocycles. The fourth-order valence-electron chi connectivity index (χ4n) is 2.64. The van der Waals surface area contributed by atoms with Gasteiger partial charge in [-0.2, -0.15) is 0 Å². The summed E-state index contributed by atoms with van der Waals surface area (Å²) >= 11 is 1.92. The van der Waals surface area contributed by atoms with E-state index in [0.717, 1.165) is 12.5 Å². The van der Waals surface area contributed by atoms with Gasteiger partial charge in [0.1, 0.15) is 0 Å². The Kier molecular flexibility index (Phi) is 3.36. The highest BCUT2D eigenvalue weighted by Crippen LogP contribution is 2.29. The molecule has 0 atom stereocenters. The van der Waals surface area contributed by atoms with Crippen LogP contribution in [0, 0.1) is 0 Å². The van der Waals surface area contributed by atoms with Crippen LogP contribution in [0.15, 0.2) is 35.3 Å². The van der Waals surface area contributed by atoms with Crippen LogP contribution in [0.4, 0.5) is 0 Å². The molecule has 1 aromatic rings. The third kappa shape index (κ3) is 2.49. The molecule has 2 aliphatic rings. The van der Waals surface area contributed by atoms with E-state index in [-0.39, 0.29) is 0 Å². The smallest absolute Gasteiger partial charge is 0.159 e. The van der Waals surface area contributed by atoms with E-state index in [1.165, 1.54) is 42.4 Å². The van der Waals surface area contributed by atoms with Crippen LogP contribution in [0.5, 0.6) is 0 Å².